The van der Waals surface area contributed by atoms with E-state index in [9.17, 15) is 23.1 Å². The van der Waals surface area contributed by atoms with E-state index in [0.29, 0.717) is 54.5 Å². The number of anilines is 2. The Kier molecular flexibility index (Phi) is 7.22. The Bertz CT molecular complexity index is 2070. The molecule has 8 rings (SSSR count). The SMILES string of the molecule is Cc1noc(C)c1-c1cnc(O[C@H]2C[C@@H](C(=O)O)N(c3nc(C(F)(F)F)nc4c3oc3ccccc34)C2)c(N2CCOC3(COC3)[C@@H]2C)c1. The van der Waals surface area contributed by atoms with E-state index in [1.807, 2.05) is 26.8 Å². The van der Waals surface area contributed by atoms with Crippen molar-refractivity contribution >= 4 is 39.5 Å². The van der Waals surface area contributed by atoms with Crippen molar-refractivity contribution in [3.05, 3.63) is 53.8 Å². The van der Waals surface area contributed by atoms with E-state index >= 15 is 0 Å². The normalized spacial score (nSPS) is 22.3. The number of aromatic nitrogens is 4. The van der Waals surface area contributed by atoms with Crippen molar-refractivity contribution in [3.63, 3.8) is 0 Å². The third-order valence-corrected chi connectivity index (χ3v) is 9.66. The number of ether oxygens (including phenoxy) is 3. The Hall–Kier alpha value is -4.96. The maximum absolute atomic E-state index is 14.1. The van der Waals surface area contributed by atoms with Crippen LogP contribution in [0, 0.1) is 13.8 Å². The van der Waals surface area contributed by atoms with Gasteiger partial charge in [-0.25, -0.2) is 19.7 Å². The third-order valence-electron chi connectivity index (χ3n) is 9.66. The number of pyridine rings is 1. The van der Waals surface area contributed by atoms with Crippen LogP contribution in [0.4, 0.5) is 24.7 Å². The molecule has 49 heavy (non-hydrogen) atoms. The first kappa shape index (κ1) is 31.3. The van der Waals surface area contributed by atoms with Crippen LogP contribution in [0.5, 0.6) is 5.88 Å². The van der Waals surface area contributed by atoms with Crippen molar-refractivity contribution in [2.45, 2.75) is 57.2 Å². The number of carboxylic acid groups (broad SMARTS) is 1. The zero-order valence-electron chi connectivity index (χ0n) is 26.7. The molecule has 0 aliphatic carbocycles. The van der Waals surface area contributed by atoms with Crippen LogP contribution in [0.2, 0.25) is 0 Å². The minimum Gasteiger partial charge on any atom is -0.480 e. The number of fused-ring (bicyclic) bond motifs is 3. The minimum absolute atomic E-state index is 0.0427. The van der Waals surface area contributed by atoms with Gasteiger partial charge in [0.25, 0.3) is 0 Å². The van der Waals surface area contributed by atoms with Crippen LogP contribution in [0.15, 0.2) is 45.5 Å². The van der Waals surface area contributed by atoms with E-state index in [1.54, 1.807) is 30.5 Å². The summed E-state index contributed by atoms with van der Waals surface area (Å²) in [7, 11) is 0. The number of para-hydroxylation sites is 1. The minimum atomic E-state index is -4.89. The summed E-state index contributed by atoms with van der Waals surface area (Å²) in [6.45, 7) is 7.40. The Balaban J connectivity index is 1.19. The lowest BCUT2D eigenvalue weighted by atomic mass is 9.90. The van der Waals surface area contributed by atoms with Gasteiger partial charge in [-0.1, -0.05) is 17.3 Å². The predicted molar refractivity (Wildman–Crippen MR) is 168 cm³/mol. The molecule has 4 aromatic heterocycles. The number of carbonyl (C=O) groups is 1. The molecule has 3 aliphatic rings. The topological polar surface area (TPSA) is 149 Å². The first-order valence-corrected chi connectivity index (χ1v) is 15.8. The fraction of sp³-hybridized carbons (Fsp3) is 0.424. The largest absolute Gasteiger partial charge is 0.480 e. The first-order chi connectivity index (χ1) is 23.4. The molecule has 5 aromatic rings. The number of hydrogen-bond acceptors (Lipinski definition) is 12. The Morgan fingerprint density at radius 1 is 1.14 bits per heavy atom. The van der Waals surface area contributed by atoms with Crippen molar-refractivity contribution < 1.29 is 46.2 Å². The van der Waals surface area contributed by atoms with E-state index in [4.69, 9.17) is 28.1 Å². The monoisotopic (exact) mass is 680 g/mol. The number of halogens is 3. The Morgan fingerprint density at radius 2 is 1.94 bits per heavy atom. The summed E-state index contributed by atoms with van der Waals surface area (Å²) in [5, 5.41) is 14.7. The molecule has 3 saturated heterocycles. The highest BCUT2D eigenvalue weighted by Crippen LogP contribution is 2.43. The number of aliphatic carboxylic acids is 1. The van der Waals surface area contributed by atoms with Gasteiger partial charge < -0.3 is 38.1 Å². The molecular weight excluding hydrogens is 649 g/mol. The highest BCUT2D eigenvalue weighted by Gasteiger charge is 2.50. The first-order valence-electron chi connectivity index (χ1n) is 15.8. The molecule has 7 heterocycles. The van der Waals surface area contributed by atoms with Crippen LogP contribution in [-0.4, -0.2) is 87.9 Å². The number of nitrogens with zero attached hydrogens (tertiary/aromatic N) is 6. The molecule has 0 saturated carbocycles. The van der Waals surface area contributed by atoms with Crippen LogP contribution in [-0.2, 0) is 20.4 Å². The maximum atomic E-state index is 14.1. The molecule has 3 aliphatic heterocycles. The van der Waals surface area contributed by atoms with E-state index in [-0.39, 0.29) is 41.8 Å². The molecule has 0 bridgehead atoms. The van der Waals surface area contributed by atoms with Crippen LogP contribution in [0.3, 0.4) is 0 Å². The number of carboxylic acids is 1. The molecule has 0 amide bonds. The molecule has 0 unspecified atom stereocenters. The summed E-state index contributed by atoms with van der Waals surface area (Å²) >= 11 is 0. The van der Waals surface area contributed by atoms with Gasteiger partial charge in [0.1, 0.15) is 40.3 Å². The van der Waals surface area contributed by atoms with Crippen LogP contribution >= 0.6 is 0 Å². The van der Waals surface area contributed by atoms with Gasteiger partial charge in [0.15, 0.2) is 11.4 Å². The van der Waals surface area contributed by atoms with E-state index < -0.39 is 35.7 Å². The van der Waals surface area contributed by atoms with Crippen LogP contribution in [0.25, 0.3) is 33.2 Å². The summed E-state index contributed by atoms with van der Waals surface area (Å²) in [6.07, 6.45) is -4.11. The summed E-state index contributed by atoms with van der Waals surface area (Å²) in [4.78, 5) is 28.4. The number of rotatable bonds is 6. The highest BCUT2D eigenvalue weighted by atomic mass is 19.4. The highest BCUT2D eigenvalue weighted by molar-refractivity contribution is 6.06. The summed E-state index contributed by atoms with van der Waals surface area (Å²) < 4.78 is 71.7. The lowest BCUT2D eigenvalue weighted by Crippen LogP contribution is -2.68. The molecule has 256 valence electrons. The summed E-state index contributed by atoms with van der Waals surface area (Å²) in [5.41, 5.74) is 2.57. The molecule has 3 fully saturated rings. The lowest BCUT2D eigenvalue weighted by Gasteiger charge is -2.53. The second-order valence-corrected chi connectivity index (χ2v) is 12.6. The fourth-order valence-electron chi connectivity index (χ4n) is 7.08. The molecule has 0 radical (unpaired) electrons. The average molecular weight is 681 g/mol. The molecule has 1 N–H and O–H groups in total. The molecule has 1 spiro atoms. The number of hydrogen-bond donors (Lipinski definition) is 1. The Labute approximate surface area is 276 Å². The third kappa shape index (κ3) is 5.12. The quantitative estimate of drug-likeness (QED) is 0.252. The van der Waals surface area contributed by atoms with Crippen molar-refractivity contribution in [2.24, 2.45) is 0 Å². The number of morpholine rings is 1. The molecule has 1 aromatic carbocycles. The van der Waals surface area contributed by atoms with Gasteiger partial charge in [-0.15, -0.1) is 0 Å². The predicted octanol–water partition coefficient (Wildman–Crippen LogP) is 5.17. The van der Waals surface area contributed by atoms with Crippen molar-refractivity contribution in [2.75, 3.05) is 42.7 Å². The van der Waals surface area contributed by atoms with E-state index in [2.05, 4.69) is 20.0 Å². The second kappa shape index (κ2) is 11.3. The Morgan fingerprint density at radius 3 is 2.63 bits per heavy atom. The van der Waals surface area contributed by atoms with Gasteiger partial charge in [-0.3, -0.25) is 0 Å². The smallest absolute Gasteiger partial charge is 0.451 e. The standard InChI is InChI=1S/C33H31F3N6O7/c1-16-25(17(2)49-40-16)19-10-22(41-8-9-46-32(18(41)3)14-45-15-32)29(37-12-19)47-20-11-23(30(43)44)42(13-20)28-27-26(38-31(39-28)33(34,35)36)21-6-4-5-7-24(21)48-27/h4-7,10,12,18,20,23H,8-9,11,13-15H2,1-3H3,(H,43,44)/t18-,20-,23-/m0/s1. The van der Waals surface area contributed by atoms with E-state index in [1.165, 1.54) is 4.90 Å². The van der Waals surface area contributed by atoms with Crippen molar-refractivity contribution in [1.29, 1.82) is 0 Å². The van der Waals surface area contributed by atoms with Crippen molar-refractivity contribution in [1.82, 2.24) is 20.1 Å². The van der Waals surface area contributed by atoms with Gasteiger partial charge >= 0.3 is 12.1 Å². The number of benzene rings is 1. The van der Waals surface area contributed by atoms with E-state index in [0.717, 1.165) is 11.1 Å². The van der Waals surface area contributed by atoms with Crippen LogP contribution in [0.1, 0.15) is 30.6 Å². The van der Waals surface area contributed by atoms with Crippen molar-refractivity contribution in [3.8, 4) is 17.0 Å². The number of aryl methyl sites for hydroxylation is 2. The van der Waals surface area contributed by atoms with Crippen LogP contribution < -0.4 is 14.5 Å². The zero-order chi connectivity index (χ0) is 34.2. The zero-order valence-corrected chi connectivity index (χ0v) is 26.7. The van der Waals surface area contributed by atoms with Gasteiger partial charge in [-0.2, -0.15) is 13.2 Å². The molecule has 16 heteroatoms. The average Bonchev–Trinajstić information content (AvgIpc) is 3.74. The van der Waals surface area contributed by atoms with Gasteiger partial charge in [-0.05, 0) is 39.0 Å². The summed E-state index contributed by atoms with van der Waals surface area (Å²) in [6, 6.07) is 7.05. The fourth-order valence-corrected chi connectivity index (χ4v) is 7.08. The second-order valence-electron chi connectivity index (χ2n) is 12.6. The lowest BCUT2D eigenvalue weighted by molar-refractivity contribution is -0.228. The summed E-state index contributed by atoms with van der Waals surface area (Å²) in [5.74, 6) is -2.07. The maximum Gasteiger partial charge on any atom is 0.451 e. The molecule has 3 atom stereocenters. The van der Waals surface area contributed by atoms with Gasteiger partial charge in [0.2, 0.25) is 11.7 Å². The van der Waals surface area contributed by atoms with Gasteiger partial charge in [0.05, 0.1) is 38.1 Å². The number of alkyl halides is 3. The molecule has 13 nitrogen and oxygen atoms in total. The number of furan rings is 1. The van der Waals surface area contributed by atoms with Gasteiger partial charge in [0, 0.05) is 35.7 Å². The molecular formula is C33H31F3N6O7.